The summed E-state index contributed by atoms with van der Waals surface area (Å²) in [6, 6.07) is 0. The molecule has 0 N–H and O–H groups in total. The van der Waals surface area contributed by atoms with Gasteiger partial charge >= 0.3 is 5.97 Å². The van der Waals surface area contributed by atoms with Gasteiger partial charge in [0.2, 0.25) is 0 Å². The van der Waals surface area contributed by atoms with Gasteiger partial charge in [-0.05, 0) is 19.3 Å². The minimum Gasteiger partial charge on any atom is -0.462 e. The monoisotopic (exact) mass is 268 g/mol. The molecule has 0 aliphatic rings. The zero-order valence-electron chi connectivity index (χ0n) is 13.5. The summed E-state index contributed by atoms with van der Waals surface area (Å²) in [5.74, 6) is 0.600. The van der Waals surface area contributed by atoms with E-state index in [0.29, 0.717) is 12.2 Å². The van der Waals surface area contributed by atoms with Crippen LogP contribution in [0.5, 0.6) is 0 Å². The van der Waals surface area contributed by atoms with Crippen LogP contribution in [0.4, 0.5) is 0 Å². The van der Waals surface area contributed by atoms with Gasteiger partial charge in [-0.3, -0.25) is 0 Å². The van der Waals surface area contributed by atoms with Crippen LogP contribution in [0.2, 0.25) is 0 Å². The highest BCUT2D eigenvalue weighted by Crippen LogP contribution is 1.94. The molecule has 0 aliphatic carbocycles. The van der Waals surface area contributed by atoms with Crippen molar-refractivity contribution in [3.63, 3.8) is 0 Å². The molecule has 0 aromatic rings. The number of hydrogen-bond acceptors (Lipinski definition) is 2. The van der Waals surface area contributed by atoms with Gasteiger partial charge in [-0.15, -0.1) is 0 Å². The zero-order valence-corrected chi connectivity index (χ0v) is 13.5. The van der Waals surface area contributed by atoms with Gasteiger partial charge in [0, 0.05) is 5.57 Å². The third kappa shape index (κ3) is 31.5. The standard InChI is InChI=1S/C8H14O2.C5H12.C4H6/c1-4-5-6-10-8(9)7(2)3;1-4-5(2)3;1-3-4-2/h2,4-6H2,1,3H3;5H,4H2,1-3H3;3-4H,1-2H2. The summed E-state index contributed by atoms with van der Waals surface area (Å²) in [6.45, 7) is 21.0. The van der Waals surface area contributed by atoms with Gasteiger partial charge in [-0.25, -0.2) is 4.79 Å². The van der Waals surface area contributed by atoms with E-state index in [-0.39, 0.29) is 5.97 Å². The summed E-state index contributed by atoms with van der Waals surface area (Å²) in [5, 5.41) is 0. The SMILES string of the molecule is C=C(C)C(=O)OCCCC.C=CC=C.CCC(C)C. The Morgan fingerprint density at radius 2 is 1.63 bits per heavy atom. The number of carbonyl (C=O) groups excluding carboxylic acids is 1. The maximum absolute atomic E-state index is 10.7. The molecule has 0 heterocycles. The van der Waals surface area contributed by atoms with Gasteiger partial charge in [0.05, 0.1) is 6.61 Å². The van der Waals surface area contributed by atoms with Gasteiger partial charge in [0.1, 0.15) is 0 Å². The first kappa shape index (κ1) is 22.8. The first-order valence-electron chi connectivity index (χ1n) is 6.93. The lowest BCUT2D eigenvalue weighted by Crippen LogP contribution is -2.05. The molecule has 0 spiro atoms. The molecule has 0 atom stereocenters. The quantitative estimate of drug-likeness (QED) is 0.282. The highest BCUT2D eigenvalue weighted by molar-refractivity contribution is 5.86. The average molecular weight is 268 g/mol. The minimum atomic E-state index is -0.284. The maximum atomic E-state index is 10.7. The molecule has 2 nitrogen and oxygen atoms in total. The predicted octanol–water partition coefficient (Wildman–Crippen LogP) is 5.32. The second-order valence-corrected chi connectivity index (χ2v) is 4.54. The van der Waals surface area contributed by atoms with E-state index in [1.807, 2.05) is 0 Å². The summed E-state index contributed by atoms with van der Waals surface area (Å²) in [5.41, 5.74) is 0.469. The molecule has 0 radical (unpaired) electrons. The van der Waals surface area contributed by atoms with Crippen molar-refractivity contribution in [1.29, 1.82) is 0 Å². The smallest absolute Gasteiger partial charge is 0.333 e. The van der Waals surface area contributed by atoms with Crippen LogP contribution in [0.25, 0.3) is 0 Å². The first-order chi connectivity index (χ1) is 8.87. The normalized spacial score (nSPS) is 8.32. The van der Waals surface area contributed by atoms with E-state index in [1.54, 1.807) is 19.1 Å². The van der Waals surface area contributed by atoms with Crippen molar-refractivity contribution in [2.45, 2.75) is 53.9 Å². The number of esters is 1. The van der Waals surface area contributed by atoms with Crippen LogP contribution in [0.15, 0.2) is 37.5 Å². The highest BCUT2D eigenvalue weighted by Gasteiger charge is 2.00. The topological polar surface area (TPSA) is 26.3 Å². The lowest BCUT2D eigenvalue weighted by Gasteiger charge is -2.01. The van der Waals surface area contributed by atoms with Crippen LogP contribution in [0, 0.1) is 5.92 Å². The molecule has 0 amide bonds. The van der Waals surface area contributed by atoms with E-state index in [9.17, 15) is 4.79 Å². The number of unbranched alkanes of at least 4 members (excludes halogenated alkanes) is 1. The number of ether oxygens (including phenoxy) is 1. The van der Waals surface area contributed by atoms with Crippen molar-refractivity contribution >= 4 is 5.97 Å². The summed E-state index contributed by atoms with van der Waals surface area (Å²) in [7, 11) is 0. The molecule has 0 bridgehead atoms. The molecule has 0 aromatic carbocycles. The lowest BCUT2D eigenvalue weighted by molar-refractivity contribution is -0.139. The average Bonchev–Trinajstić information content (AvgIpc) is 2.39. The van der Waals surface area contributed by atoms with Crippen molar-refractivity contribution < 1.29 is 9.53 Å². The Balaban J connectivity index is -0.000000238. The van der Waals surface area contributed by atoms with Crippen LogP contribution in [0.1, 0.15) is 53.9 Å². The van der Waals surface area contributed by atoms with Crippen molar-refractivity contribution in [3.05, 3.63) is 37.5 Å². The van der Waals surface area contributed by atoms with Crippen LogP contribution in [-0.2, 0) is 9.53 Å². The molecule has 0 aromatic heterocycles. The molecular formula is C17H32O2. The highest BCUT2D eigenvalue weighted by atomic mass is 16.5. The molecule has 0 unspecified atom stereocenters. The first-order valence-corrected chi connectivity index (χ1v) is 6.93. The van der Waals surface area contributed by atoms with E-state index in [4.69, 9.17) is 4.74 Å². The van der Waals surface area contributed by atoms with Gasteiger partial charge < -0.3 is 4.74 Å². The van der Waals surface area contributed by atoms with Crippen LogP contribution >= 0.6 is 0 Å². The Labute approximate surface area is 120 Å². The Bertz CT molecular complexity index is 234. The number of allylic oxidation sites excluding steroid dienone is 2. The van der Waals surface area contributed by atoms with Crippen molar-refractivity contribution in [1.82, 2.24) is 0 Å². The Hall–Kier alpha value is -1.31. The summed E-state index contributed by atoms with van der Waals surface area (Å²) >= 11 is 0. The second-order valence-electron chi connectivity index (χ2n) is 4.54. The largest absolute Gasteiger partial charge is 0.462 e. The fraction of sp³-hybridized carbons (Fsp3) is 0.588. The molecule has 112 valence electrons. The summed E-state index contributed by atoms with van der Waals surface area (Å²) < 4.78 is 4.81. The Morgan fingerprint density at radius 3 is 1.84 bits per heavy atom. The minimum absolute atomic E-state index is 0.284. The van der Waals surface area contributed by atoms with Gasteiger partial charge in [-0.1, -0.05) is 72.4 Å². The van der Waals surface area contributed by atoms with E-state index < -0.39 is 0 Å². The fourth-order valence-corrected chi connectivity index (χ4v) is 0.432. The molecule has 0 saturated carbocycles. The maximum Gasteiger partial charge on any atom is 0.333 e. The van der Waals surface area contributed by atoms with Crippen LogP contribution in [-0.4, -0.2) is 12.6 Å². The van der Waals surface area contributed by atoms with Crippen molar-refractivity contribution in [3.8, 4) is 0 Å². The molecule has 0 aliphatic heterocycles. The van der Waals surface area contributed by atoms with Gasteiger partial charge in [0.25, 0.3) is 0 Å². The van der Waals surface area contributed by atoms with Gasteiger partial charge in [-0.2, -0.15) is 0 Å². The molecule has 19 heavy (non-hydrogen) atoms. The molecule has 0 rings (SSSR count). The van der Waals surface area contributed by atoms with Crippen molar-refractivity contribution in [2.75, 3.05) is 6.61 Å². The van der Waals surface area contributed by atoms with Crippen molar-refractivity contribution in [2.24, 2.45) is 5.92 Å². The Morgan fingerprint density at radius 1 is 1.21 bits per heavy atom. The second kappa shape index (κ2) is 19.0. The molecular weight excluding hydrogens is 236 g/mol. The van der Waals surface area contributed by atoms with E-state index in [0.717, 1.165) is 18.8 Å². The predicted molar refractivity (Wildman–Crippen MR) is 86.2 cm³/mol. The van der Waals surface area contributed by atoms with Gasteiger partial charge in [0.15, 0.2) is 0 Å². The van der Waals surface area contributed by atoms with E-state index >= 15 is 0 Å². The summed E-state index contributed by atoms with van der Waals surface area (Å²) in [4.78, 5) is 10.7. The van der Waals surface area contributed by atoms with Crippen LogP contribution < -0.4 is 0 Å². The van der Waals surface area contributed by atoms with Crippen LogP contribution in [0.3, 0.4) is 0 Å². The number of rotatable bonds is 6. The molecule has 0 saturated heterocycles. The third-order valence-electron chi connectivity index (χ3n) is 2.06. The molecule has 2 heteroatoms. The fourth-order valence-electron chi connectivity index (χ4n) is 0.432. The molecule has 0 fully saturated rings. The summed E-state index contributed by atoms with van der Waals surface area (Å²) in [6.07, 6.45) is 6.56. The Kier molecular flexibility index (Phi) is 22.9. The lowest BCUT2D eigenvalue weighted by atomic mass is 10.2. The number of carbonyl (C=O) groups is 1. The number of hydrogen-bond donors (Lipinski definition) is 0. The van der Waals surface area contributed by atoms with E-state index in [2.05, 4.69) is 47.4 Å². The van der Waals surface area contributed by atoms with E-state index in [1.165, 1.54) is 6.42 Å². The zero-order chi connectivity index (χ0) is 15.7. The third-order valence-corrected chi connectivity index (χ3v) is 2.06.